The molecule has 0 amide bonds. The third-order valence-corrected chi connectivity index (χ3v) is 17.3. The highest BCUT2D eigenvalue weighted by Gasteiger charge is 2.53. The topological polar surface area (TPSA) is 35.6 Å². The Morgan fingerprint density at radius 2 is 1.40 bits per heavy atom. The smallest absolute Gasteiger partial charge is 0.116 e. The van der Waals surface area contributed by atoms with Gasteiger partial charge >= 0.3 is 0 Å². The molecule has 1 saturated carbocycles. The average molecular weight is 877 g/mol. The van der Waals surface area contributed by atoms with Crippen molar-refractivity contribution in [3.8, 4) is 44.8 Å². The lowest BCUT2D eigenvalue weighted by molar-refractivity contribution is 0.105. The summed E-state index contributed by atoms with van der Waals surface area (Å²) in [6.07, 6.45) is 18.0. The van der Waals surface area contributed by atoms with Crippen LogP contribution in [0.15, 0.2) is 188 Å². The number of aromatic nitrogens is 4. The summed E-state index contributed by atoms with van der Waals surface area (Å²) in [5, 5.41) is 5.14. The SMILES string of the molecule is CC1CC2C=CC=CC2(C)C2=Cc3c(c4c(-c5ccc6c7ncncc7n(-c7cccc(-c8ccccc8)c7)c6c5)cccc4n3-c3ccc4c(c3)-c3cccc5cccc(c35)C4(C)C)CC21C. The molecule has 0 N–H and O–H groups in total. The summed E-state index contributed by atoms with van der Waals surface area (Å²) >= 11 is 0. The summed E-state index contributed by atoms with van der Waals surface area (Å²) in [5.74, 6) is 0.980. The molecule has 68 heavy (non-hydrogen) atoms. The van der Waals surface area contributed by atoms with Crippen molar-refractivity contribution in [2.24, 2.45) is 22.7 Å². The second kappa shape index (κ2) is 14.0. The van der Waals surface area contributed by atoms with Crippen molar-refractivity contribution >= 4 is 49.7 Å². The van der Waals surface area contributed by atoms with Crippen molar-refractivity contribution in [3.05, 3.63) is 210 Å². The monoisotopic (exact) mass is 876 g/mol. The summed E-state index contributed by atoms with van der Waals surface area (Å²) in [7, 11) is 0. The molecule has 0 spiro atoms. The number of allylic oxidation sites excluding steroid dienone is 5. The Morgan fingerprint density at radius 1 is 0.603 bits per heavy atom. The third kappa shape index (κ3) is 5.32. The van der Waals surface area contributed by atoms with E-state index in [-0.39, 0.29) is 16.2 Å². The van der Waals surface area contributed by atoms with Gasteiger partial charge in [-0.05, 0) is 139 Å². The molecule has 328 valence electrons. The van der Waals surface area contributed by atoms with Crippen LogP contribution in [0.4, 0.5) is 0 Å². The first-order valence-electron chi connectivity index (χ1n) is 24.4. The summed E-state index contributed by atoms with van der Waals surface area (Å²) < 4.78 is 4.98. The highest BCUT2D eigenvalue weighted by molar-refractivity contribution is 6.10. The van der Waals surface area contributed by atoms with Crippen LogP contribution >= 0.6 is 0 Å². The van der Waals surface area contributed by atoms with Gasteiger partial charge in [0.25, 0.3) is 0 Å². The first-order chi connectivity index (χ1) is 33.1. The normalized spacial score (nSPS) is 22.0. The first kappa shape index (κ1) is 39.6. The van der Waals surface area contributed by atoms with Crippen LogP contribution in [0.3, 0.4) is 0 Å². The summed E-state index contributed by atoms with van der Waals surface area (Å²) in [5.41, 5.74) is 21.0. The molecule has 0 saturated heterocycles. The Hall–Kier alpha value is -7.56. The molecule has 4 heteroatoms. The van der Waals surface area contributed by atoms with Crippen molar-refractivity contribution in [2.45, 2.75) is 52.9 Å². The highest BCUT2D eigenvalue weighted by atomic mass is 15.0. The second-order valence-electron chi connectivity index (χ2n) is 21.1. The van der Waals surface area contributed by atoms with Crippen LogP contribution in [-0.2, 0) is 11.8 Å². The van der Waals surface area contributed by atoms with E-state index in [1.165, 1.54) is 89.5 Å². The standard InChI is InChI=1S/C64H52N4/c1-39-31-44-20-9-10-30-63(44,4)58-35-56-51(36-64(39,58)5)60-47(22-14-25-54(60)67(56)46-27-29-52-50(34-46)48-23-12-17-41-18-13-24-53(59(41)48)62(52,2)3)43-26-28-49-55(33-43)68(57-37-65-38-66-61(49)57)45-21-11-19-42(32-45)40-15-7-6-8-16-40/h6-30,32-35,37-39,44H,31,36H2,1-5H3. The van der Waals surface area contributed by atoms with Crippen LogP contribution in [0, 0.1) is 22.7 Å². The third-order valence-electron chi connectivity index (χ3n) is 17.3. The van der Waals surface area contributed by atoms with Crippen LogP contribution < -0.4 is 0 Å². The van der Waals surface area contributed by atoms with Crippen molar-refractivity contribution in [2.75, 3.05) is 0 Å². The van der Waals surface area contributed by atoms with Gasteiger partial charge in [0.2, 0.25) is 0 Å². The molecular weight excluding hydrogens is 825 g/mol. The molecule has 0 bridgehead atoms. The van der Waals surface area contributed by atoms with E-state index in [0.717, 1.165) is 34.0 Å². The Balaban J connectivity index is 1.03. The number of benzene rings is 7. The maximum Gasteiger partial charge on any atom is 0.116 e. The summed E-state index contributed by atoms with van der Waals surface area (Å²) in [6, 6.07) is 54.6. The lowest BCUT2D eigenvalue weighted by atomic mass is 9.48. The van der Waals surface area contributed by atoms with E-state index in [0.29, 0.717) is 11.8 Å². The minimum absolute atomic E-state index is 0.0158. The molecule has 0 radical (unpaired) electrons. The Bertz CT molecular complexity index is 3890. The van der Waals surface area contributed by atoms with Gasteiger partial charge < -0.3 is 9.13 Å². The largest absolute Gasteiger partial charge is 0.310 e. The minimum atomic E-state index is -0.144. The van der Waals surface area contributed by atoms with Crippen LogP contribution in [-0.4, -0.2) is 19.1 Å². The fraction of sp³-hybridized carbons (Fsp3) is 0.188. The molecule has 14 rings (SSSR count). The van der Waals surface area contributed by atoms with Gasteiger partial charge in [0.05, 0.1) is 34.0 Å². The van der Waals surface area contributed by atoms with Gasteiger partial charge in [-0.25, -0.2) is 9.97 Å². The van der Waals surface area contributed by atoms with E-state index in [4.69, 9.17) is 4.98 Å². The second-order valence-corrected chi connectivity index (χ2v) is 21.1. The van der Waals surface area contributed by atoms with E-state index in [2.05, 4.69) is 225 Å². The van der Waals surface area contributed by atoms with Gasteiger partial charge in [-0.1, -0.05) is 168 Å². The fourth-order valence-corrected chi connectivity index (χ4v) is 13.6. The van der Waals surface area contributed by atoms with Gasteiger partial charge in [-0.3, -0.25) is 0 Å². The number of nitrogens with zero attached hydrogens (tertiary/aromatic N) is 4. The quantitative estimate of drug-likeness (QED) is 0.177. The predicted molar refractivity (Wildman–Crippen MR) is 283 cm³/mol. The molecule has 7 aromatic carbocycles. The van der Waals surface area contributed by atoms with Crippen molar-refractivity contribution < 1.29 is 0 Å². The molecule has 3 heterocycles. The van der Waals surface area contributed by atoms with E-state index in [1.54, 1.807) is 11.9 Å². The lowest BCUT2D eigenvalue weighted by Crippen LogP contribution is -2.48. The highest BCUT2D eigenvalue weighted by Crippen LogP contribution is 2.63. The van der Waals surface area contributed by atoms with Crippen LogP contribution in [0.1, 0.15) is 63.4 Å². The lowest BCUT2D eigenvalue weighted by Gasteiger charge is -2.56. The molecule has 4 unspecified atom stereocenters. The number of hydrogen-bond donors (Lipinski definition) is 0. The van der Waals surface area contributed by atoms with Crippen molar-refractivity contribution in [1.82, 2.24) is 19.1 Å². The molecule has 4 atom stereocenters. The zero-order chi connectivity index (χ0) is 45.7. The van der Waals surface area contributed by atoms with Crippen LogP contribution in [0.25, 0.3) is 94.4 Å². The number of hydrogen-bond acceptors (Lipinski definition) is 2. The maximum atomic E-state index is 4.88. The number of fused-ring (bicyclic) bond motifs is 11. The van der Waals surface area contributed by atoms with E-state index in [9.17, 15) is 0 Å². The van der Waals surface area contributed by atoms with E-state index >= 15 is 0 Å². The van der Waals surface area contributed by atoms with Gasteiger partial charge in [0.1, 0.15) is 6.33 Å². The molecule has 3 aromatic heterocycles. The van der Waals surface area contributed by atoms with Crippen molar-refractivity contribution in [1.29, 1.82) is 0 Å². The molecule has 4 aliphatic carbocycles. The maximum absolute atomic E-state index is 4.88. The van der Waals surface area contributed by atoms with Crippen molar-refractivity contribution in [3.63, 3.8) is 0 Å². The summed E-state index contributed by atoms with van der Waals surface area (Å²) in [4.78, 5) is 9.44. The fourth-order valence-electron chi connectivity index (χ4n) is 13.6. The average Bonchev–Trinajstić information content (AvgIpc) is 3.87. The van der Waals surface area contributed by atoms with E-state index < -0.39 is 0 Å². The minimum Gasteiger partial charge on any atom is -0.310 e. The molecule has 0 aliphatic heterocycles. The molecule has 4 aliphatic rings. The van der Waals surface area contributed by atoms with E-state index in [1.807, 2.05) is 6.20 Å². The molecule has 10 aromatic rings. The Morgan fingerprint density at radius 3 is 2.28 bits per heavy atom. The van der Waals surface area contributed by atoms with Crippen LogP contribution in [0.5, 0.6) is 0 Å². The Kier molecular flexibility index (Phi) is 8.15. The van der Waals surface area contributed by atoms with Crippen LogP contribution in [0.2, 0.25) is 0 Å². The molecular formula is C64H52N4. The zero-order valence-electron chi connectivity index (χ0n) is 39.3. The van der Waals surface area contributed by atoms with Gasteiger partial charge in [0.15, 0.2) is 0 Å². The zero-order valence-corrected chi connectivity index (χ0v) is 39.3. The van der Waals surface area contributed by atoms with Gasteiger partial charge in [0, 0.05) is 33.0 Å². The van der Waals surface area contributed by atoms with Gasteiger partial charge in [-0.2, -0.15) is 0 Å². The molecule has 1 fully saturated rings. The Labute approximate surface area is 397 Å². The van der Waals surface area contributed by atoms with Gasteiger partial charge in [-0.15, -0.1) is 0 Å². The first-order valence-corrected chi connectivity index (χ1v) is 24.4. The summed E-state index contributed by atoms with van der Waals surface area (Å²) in [6.45, 7) is 12.4. The number of rotatable bonds is 4. The molecule has 4 nitrogen and oxygen atoms in total. The predicted octanol–water partition coefficient (Wildman–Crippen LogP) is 16.0.